The van der Waals surface area contributed by atoms with Gasteiger partial charge in [0.2, 0.25) is 5.91 Å². The molecule has 1 saturated heterocycles. The van der Waals surface area contributed by atoms with Crippen LogP contribution in [0.4, 0.5) is 0 Å². The number of piperidine rings is 1. The summed E-state index contributed by atoms with van der Waals surface area (Å²) in [5.74, 6) is -0.206. The van der Waals surface area contributed by atoms with Crippen LogP contribution in [-0.4, -0.2) is 31.7 Å². The zero-order valence-electron chi connectivity index (χ0n) is 14.4. The summed E-state index contributed by atoms with van der Waals surface area (Å²) in [7, 11) is -3.40. The monoisotopic (exact) mass is 390 g/mol. The molecule has 0 spiro atoms. The minimum atomic E-state index is -3.40. The fourth-order valence-corrected chi connectivity index (χ4v) is 5.76. The molecule has 0 unspecified atom stereocenters. The van der Waals surface area contributed by atoms with E-state index < -0.39 is 10.0 Å². The molecule has 0 radical (unpaired) electrons. The molecule has 3 rings (SSSR count). The average Bonchev–Trinajstić information content (AvgIpc) is 3.16. The Bertz CT molecular complexity index is 867. The van der Waals surface area contributed by atoms with Crippen molar-refractivity contribution in [1.29, 1.82) is 0 Å². The summed E-state index contributed by atoms with van der Waals surface area (Å²) in [6.07, 6.45) is 6.15. The minimum absolute atomic E-state index is 0.206. The molecule has 1 N–H and O–H groups in total. The van der Waals surface area contributed by atoms with Gasteiger partial charge in [-0.15, -0.1) is 11.3 Å². The molecule has 138 valence electrons. The molecular formula is C19H22N2O3S2. The zero-order valence-corrected chi connectivity index (χ0v) is 16.1. The number of nitrogens with zero attached hydrogens (tertiary/aromatic N) is 1. The third-order valence-electron chi connectivity index (χ3n) is 4.21. The third kappa shape index (κ3) is 4.81. The maximum Gasteiger partial charge on any atom is 0.252 e. The number of carbonyl (C=O) groups is 1. The van der Waals surface area contributed by atoms with Crippen molar-refractivity contribution in [3.8, 4) is 0 Å². The fourth-order valence-electron chi connectivity index (χ4n) is 2.79. The molecule has 2 aromatic rings. The highest BCUT2D eigenvalue weighted by Gasteiger charge is 2.27. The second-order valence-corrected chi connectivity index (χ2v) is 9.48. The Balaban J connectivity index is 1.56. The smallest absolute Gasteiger partial charge is 0.252 e. The van der Waals surface area contributed by atoms with Gasteiger partial charge in [-0.1, -0.05) is 36.8 Å². The van der Waals surface area contributed by atoms with Gasteiger partial charge in [-0.3, -0.25) is 4.79 Å². The van der Waals surface area contributed by atoms with Crippen molar-refractivity contribution in [2.45, 2.75) is 30.0 Å². The minimum Gasteiger partial charge on any atom is -0.348 e. The van der Waals surface area contributed by atoms with Gasteiger partial charge in [-0.2, -0.15) is 4.31 Å². The van der Waals surface area contributed by atoms with Crippen LogP contribution in [0.1, 0.15) is 29.7 Å². The average molecular weight is 391 g/mol. The summed E-state index contributed by atoms with van der Waals surface area (Å²) < 4.78 is 27.2. The Hall–Kier alpha value is -1.96. The Morgan fingerprint density at radius 3 is 2.54 bits per heavy atom. The molecule has 0 aliphatic carbocycles. The number of hydrogen-bond acceptors (Lipinski definition) is 4. The van der Waals surface area contributed by atoms with Crippen LogP contribution in [0.3, 0.4) is 0 Å². The standard InChI is InChI=1S/C19H22N2O3S2/c22-18(11-9-16-7-3-1-4-8-16)20-15-17-10-12-19(25-17)26(23,24)21-13-5-2-6-14-21/h1,3-4,7-12H,2,5-6,13-15H2,(H,20,22)/b11-9+. The Morgan fingerprint density at radius 1 is 1.08 bits per heavy atom. The van der Waals surface area contributed by atoms with Crippen molar-refractivity contribution in [2.24, 2.45) is 0 Å². The highest BCUT2D eigenvalue weighted by atomic mass is 32.2. The first-order valence-corrected chi connectivity index (χ1v) is 10.9. The van der Waals surface area contributed by atoms with E-state index in [0.717, 1.165) is 29.7 Å². The lowest BCUT2D eigenvalue weighted by atomic mass is 10.2. The van der Waals surface area contributed by atoms with Gasteiger partial charge < -0.3 is 5.32 Å². The lowest BCUT2D eigenvalue weighted by molar-refractivity contribution is -0.116. The Morgan fingerprint density at radius 2 is 1.81 bits per heavy atom. The topological polar surface area (TPSA) is 66.5 Å². The molecule has 0 bridgehead atoms. The Labute approximate surface area is 158 Å². The van der Waals surface area contributed by atoms with Crippen LogP contribution in [0.5, 0.6) is 0 Å². The highest BCUT2D eigenvalue weighted by Crippen LogP contribution is 2.27. The molecule has 5 nitrogen and oxygen atoms in total. The molecule has 1 aliphatic rings. The largest absolute Gasteiger partial charge is 0.348 e. The number of rotatable bonds is 6. The molecule has 7 heteroatoms. The van der Waals surface area contributed by atoms with Crippen LogP contribution in [0.25, 0.3) is 6.08 Å². The highest BCUT2D eigenvalue weighted by molar-refractivity contribution is 7.91. The first kappa shape index (κ1) is 18.8. The van der Waals surface area contributed by atoms with Crippen molar-refractivity contribution in [3.63, 3.8) is 0 Å². The zero-order chi connectivity index (χ0) is 18.4. The number of benzene rings is 1. The van der Waals surface area contributed by atoms with E-state index in [4.69, 9.17) is 0 Å². The Kier molecular flexibility index (Phi) is 6.24. The van der Waals surface area contributed by atoms with E-state index in [1.165, 1.54) is 17.4 Å². The van der Waals surface area contributed by atoms with Gasteiger partial charge in [0.05, 0.1) is 6.54 Å². The summed E-state index contributed by atoms with van der Waals surface area (Å²) >= 11 is 1.22. The molecule has 26 heavy (non-hydrogen) atoms. The van der Waals surface area contributed by atoms with E-state index in [9.17, 15) is 13.2 Å². The maximum atomic E-state index is 12.6. The van der Waals surface area contributed by atoms with Crippen LogP contribution >= 0.6 is 11.3 Å². The third-order valence-corrected chi connectivity index (χ3v) is 7.66. The quantitative estimate of drug-likeness (QED) is 0.770. The second kappa shape index (κ2) is 8.62. The number of amides is 1. The first-order chi connectivity index (χ1) is 12.6. The molecular weight excluding hydrogens is 368 g/mol. The van der Waals surface area contributed by atoms with Crippen LogP contribution in [0.15, 0.2) is 52.7 Å². The van der Waals surface area contributed by atoms with Crippen LogP contribution in [0, 0.1) is 0 Å². The van der Waals surface area contributed by atoms with Crippen molar-refractivity contribution in [1.82, 2.24) is 9.62 Å². The number of nitrogens with one attached hydrogen (secondary N) is 1. The SMILES string of the molecule is O=C(/C=C/c1ccccc1)NCc1ccc(S(=O)(=O)N2CCCCC2)s1. The van der Waals surface area contributed by atoms with Gasteiger partial charge in [0, 0.05) is 24.0 Å². The summed E-state index contributed by atoms with van der Waals surface area (Å²) in [4.78, 5) is 12.7. The molecule has 1 aromatic carbocycles. The van der Waals surface area contributed by atoms with E-state index >= 15 is 0 Å². The summed E-state index contributed by atoms with van der Waals surface area (Å²) in [5.41, 5.74) is 0.952. The molecule has 1 aliphatic heterocycles. The summed E-state index contributed by atoms with van der Waals surface area (Å²) in [6.45, 7) is 1.51. The predicted molar refractivity (Wildman–Crippen MR) is 104 cm³/mol. The van der Waals surface area contributed by atoms with E-state index in [1.807, 2.05) is 30.3 Å². The lowest BCUT2D eigenvalue weighted by Gasteiger charge is -2.25. The fraction of sp³-hybridized carbons (Fsp3) is 0.316. The second-order valence-electron chi connectivity index (χ2n) is 6.15. The van der Waals surface area contributed by atoms with Crippen molar-refractivity contribution >= 4 is 33.3 Å². The molecule has 2 heterocycles. The van der Waals surface area contributed by atoms with Crippen LogP contribution < -0.4 is 5.32 Å². The first-order valence-electron chi connectivity index (χ1n) is 8.65. The lowest BCUT2D eigenvalue weighted by Crippen LogP contribution is -2.35. The molecule has 1 amide bonds. The summed E-state index contributed by atoms with van der Waals surface area (Å²) in [5, 5.41) is 2.79. The molecule has 1 fully saturated rings. The van der Waals surface area contributed by atoms with Gasteiger partial charge in [0.1, 0.15) is 4.21 Å². The number of hydrogen-bond donors (Lipinski definition) is 1. The van der Waals surface area contributed by atoms with Crippen molar-refractivity contribution < 1.29 is 13.2 Å². The predicted octanol–water partition coefficient (Wildman–Crippen LogP) is 3.25. The van der Waals surface area contributed by atoms with E-state index in [2.05, 4.69) is 5.32 Å². The van der Waals surface area contributed by atoms with Crippen LogP contribution in [0.2, 0.25) is 0 Å². The molecule has 0 saturated carbocycles. The number of thiophene rings is 1. The number of sulfonamides is 1. The van der Waals surface area contributed by atoms with Gasteiger partial charge in [0.15, 0.2) is 0 Å². The molecule has 0 atom stereocenters. The van der Waals surface area contributed by atoms with Gasteiger partial charge >= 0.3 is 0 Å². The molecule has 1 aromatic heterocycles. The van der Waals surface area contributed by atoms with Gasteiger partial charge in [-0.05, 0) is 36.6 Å². The number of carbonyl (C=O) groups excluding carboxylic acids is 1. The summed E-state index contributed by atoms with van der Waals surface area (Å²) in [6, 6.07) is 13.0. The van der Waals surface area contributed by atoms with E-state index in [1.54, 1.807) is 22.5 Å². The van der Waals surface area contributed by atoms with Gasteiger partial charge in [-0.25, -0.2) is 8.42 Å². The van der Waals surface area contributed by atoms with E-state index in [0.29, 0.717) is 23.8 Å². The van der Waals surface area contributed by atoms with E-state index in [-0.39, 0.29) is 5.91 Å². The van der Waals surface area contributed by atoms with Crippen molar-refractivity contribution in [2.75, 3.05) is 13.1 Å². The van der Waals surface area contributed by atoms with Gasteiger partial charge in [0.25, 0.3) is 10.0 Å². The maximum absolute atomic E-state index is 12.6. The van der Waals surface area contributed by atoms with Crippen molar-refractivity contribution in [3.05, 3.63) is 59.0 Å². The normalized spacial score (nSPS) is 16.0. The van der Waals surface area contributed by atoms with Crippen LogP contribution in [-0.2, 0) is 21.4 Å².